The molecule has 4 fully saturated rings. The van der Waals surface area contributed by atoms with E-state index in [2.05, 4.69) is 59.1 Å². The average Bonchev–Trinajstić information content (AvgIpc) is 3.81. The van der Waals surface area contributed by atoms with Crippen molar-refractivity contribution >= 4 is 63.7 Å². The zero-order chi connectivity index (χ0) is 45.4. The number of aromatic nitrogens is 4. The summed E-state index contributed by atoms with van der Waals surface area (Å²) in [5, 5.41) is 9.63. The van der Waals surface area contributed by atoms with Gasteiger partial charge in [0.2, 0.25) is 17.8 Å². The molecule has 17 nitrogen and oxygen atoms in total. The van der Waals surface area contributed by atoms with E-state index in [0.717, 1.165) is 92.7 Å². The Labute approximate surface area is 377 Å². The van der Waals surface area contributed by atoms with Gasteiger partial charge in [-0.25, -0.2) is 14.4 Å². The molecule has 18 heteroatoms. The van der Waals surface area contributed by atoms with Crippen molar-refractivity contribution in [2.24, 2.45) is 5.92 Å². The van der Waals surface area contributed by atoms with E-state index in [0.29, 0.717) is 53.2 Å². The van der Waals surface area contributed by atoms with Gasteiger partial charge in [-0.05, 0) is 95.9 Å². The minimum Gasteiger partial charge on any atom is -0.378 e. The first-order chi connectivity index (χ1) is 31.4. The van der Waals surface area contributed by atoms with Crippen LogP contribution in [0.1, 0.15) is 109 Å². The highest BCUT2D eigenvalue weighted by molar-refractivity contribution is 6.25. The molecule has 1 aromatic carbocycles. The number of methoxy groups -OCH3 is 1. The number of amides is 5. The van der Waals surface area contributed by atoms with Gasteiger partial charge in [0, 0.05) is 88.4 Å². The molecule has 0 bridgehead atoms. The fourth-order valence-electron chi connectivity index (χ4n) is 10.2. The van der Waals surface area contributed by atoms with Crippen LogP contribution in [0.5, 0.6) is 0 Å². The molecule has 0 spiro atoms. The third kappa shape index (κ3) is 9.15. The van der Waals surface area contributed by atoms with Gasteiger partial charge in [-0.3, -0.25) is 34.2 Å². The van der Waals surface area contributed by atoms with Gasteiger partial charge in [-0.15, -0.1) is 0 Å². The van der Waals surface area contributed by atoms with Crippen molar-refractivity contribution in [2.45, 2.75) is 102 Å². The fraction of sp³-hybridized carbons (Fsp3) is 0.532. The standard InChI is InChI=1S/C47H58FN11O6/c1-28(2)58-26-33(32-25-50-40(24-37(32)58)52-39-11-17-49-47(53-39)57-23-16-38(65-3)34(48)27-57)43(61)51-30-14-19-55(20-15-30)18-5-6-29-12-21-56(22-13-29)35-8-4-7-31-42(35)46(64)59(45(31)63)36-9-10-41(60)54-44(36)62/h4,7-8,11,17,24-26,28-30,34,36,38H,5-6,9-10,12-16,18-23,27H2,1-3H3,(H,51,61)(H,54,60,62)(H,49,50,52,53)/t34-,36?,38+/m0/s1. The quantitative estimate of drug-likeness (QED) is 0.152. The summed E-state index contributed by atoms with van der Waals surface area (Å²) in [5.41, 5.74) is 2.88. The first-order valence-electron chi connectivity index (χ1n) is 23.1. The zero-order valence-electron chi connectivity index (χ0n) is 37.3. The van der Waals surface area contributed by atoms with Crippen LogP contribution in [0.2, 0.25) is 0 Å². The van der Waals surface area contributed by atoms with Gasteiger partial charge in [-0.2, -0.15) is 4.98 Å². The van der Waals surface area contributed by atoms with Crippen molar-refractivity contribution in [1.29, 1.82) is 0 Å². The summed E-state index contributed by atoms with van der Waals surface area (Å²) in [6.07, 6.45) is 10.4. The molecule has 3 N–H and O–H groups in total. The minimum absolute atomic E-state index is 0.0760. The molecule has 4 aromatic rings. The molecule has 0 aliphatic carbocycles. The van der Waals surface area contributed by atoms with Gasteiger partial charge < -0.3 is 34.6 Å². The number of imide groups is 2. The van der Waals surface area contributed by atoms with Crippen LogP contribution in [0, 0.1) is 5.92 Å². The lowest BCUT2D eigenvalue weighted by Gasteiger charge is -2.35. The Morgan fingerprint density at radius 3 is 2.46 bits per heavy atom. The maximum Gasteiger partial charge on any atom is 0.264 e. The molecule has 1 unspecified atom stereocenters. The van der Waals surface area contributed by atoms with Crippen LogP contribution in [0.3, 0.4) is 0 Å². The van der Waals surface area contributed by atoms with Gasteiger partial charge >= 0.3 is 0 Å². The van der Waals surface area contributed by atoms with Crippen molar-refractivity contribution < 1.29 is 33.1 Å². The van der Waals surface area contributed by atoms with E-state index in [4.69, 9.17) is 4.74 Å². The number of carbonyl (C=O) groups is 5. The molecule has 9 rings (SSSR count). The smallest absolute Gasteiger partial charge is 0.264 e. The molecular weight excluding hydrogens is 834 g/mol. The van der Waals surface area contributed by atoms with Gasteiger partial charge in [-0.1, -0.05) is 6.07 Å². The molecule has 65 heavy (non-hydrogen) atoms. The summed E-state index contributed by atoms with van der Waals surface area (Å²) in [4.78, 5) is 86.3. The van der Waals surface area contributed by atoms with E-state index in [9.17, 15) is 28.4 Å². The van der Waals surface area contributed by atoms with E-state index >= 15 is 0 Å². The van der Waals surface area contributed by atoms with Crippen LogP contribution in [-0.4, -0.2) is 136 Å². The molecule has 5 amide bonds. The molecule has 5 aliphatic heterocycles. The second-order valence-corrected chi connectivity index (χ2v) is 18.3. The van der Waals surface area contributed by atoms with Crippen LogP contribution in [0.4, 0.5) is 27.7 Å². The molecule has 5 aliphatic rings. The van der Waals surface area contributed by atoms with Crippen molar-refractivity contribution in [3.8, 4) is 0 Å². The van der Waals surface area contributed by atoms with E-state index in [1.54, 1.807) is 30.6 Å². The van der Waals surface area contributed by atoms with E-state index in [-0.39, 0.29) is 37.4 Å². The van der Waals surface area contributed by atoms with Gasteiger partial charge in [0.05, 0.1) is 40.5 Å². The number of hydrogen-bond donors (Lipinski definition) is 3. The summed E-state index contributed by atoms with van der Waals surface area (Å²) in [6.45, 7) is 9.31. The fourth-order valence-corrected chi connectivity index (χ4v) is 10.2. The molecule has 3 atom stereocenters. The number of benzene rings is 1. The molecule has 0 radical (unpaired) electrons. The molecule has 8 heterocycles. The third-order valence-electron chi connectivity index (χ3n) is 13.9. The highest BCUT2D eigenvalue weighted by Crippen LogP contribution is 2.37. The van der Waals surface area contributed by atoms with E-state index < -0.39 is 41.9 Å². The molecule has 0 saturated carbocycles. The number of halogens is 1. The number of piperidine rings is 4. The molecule has 344 valence electrons. The number of nitrogens with zero attached hydrogens (tertiary/aromatic N) is 8. The second kappa shape index (κ2) is 18.8. The lowest BCUT2D eigenvalue weighted by atomic mass is 9.91. The average molecular weight is 892 g/mol. The van der Waals surface area contributed by atoms with Gasteiger partial charge in [0.1, 0.15) is 23.8 Å². The van der Waals surface area contributed by atoms with Crippen molar-refractivity contribution in [3.05, 3.63) is 65.6 Å². The van der Waals surface area contributed by atoms with E-state index in [1.807, 2.05) is 23.2 Å². The Morgan fingerprint density at radius 2 is 1.72 bits per heavy atom. The van der Waals surface area contributed by atoms with Gasteiger partial charge in [0.25, 0.3) is 17.7 Å². The number of alkyl halides is 1. The number of anilines is 4. The topological polar surface area (TPSA) is 187 Å². The van der Waals surface area contributed by atoms with Gasteiger partial charge in [0.15, 0.2) is 0 Å². The number of likely N-dealkylation sites (tertiary alicyclic amines) is 1. The summed E-state index contributed by atoms with van der Waals surface area (Å²) in [6, 6.07) is 8.19. The normalized spacial score (nSPS) is 22.5. The Morgan fingerprint density at radius 1 is 0.938 bits per heavy atom. The minimum atomic E-state index is -1.12. The molecule has 3 aromatic heterocycles. The summed E-state index contributed by atoms with van der Waals surface area (Å²) in [7, 11) is 1.53. The number of pyridine rings is 1. The third-order valence-corrected chi connectivity index (χ3v) is 13.9. The summed E-state index contributed by atoms with van der Waals surface area (Å²) < 4.78 is 22.0. The summed E-state index contributed by atoms with van der Waals surface area (Å²) >= 11 is 0. The zero-order valence-corrected chi connectivity index (χ0v) is 37.3. The van der Waals surface area contributed by atoms with Crippen LogP contribution >= 0.6 is 0 Å². The number of nitrogens with one attached hydrogen (secondary N) is 3. The molecule has 4 saturated heterocycles. The predicted octanol–water partition coefficient (Wildman–Crippen LogP) is 5.01. The SMILES string of the molecule is CO[C@@H]1CCN(c2nccc(Nc3cc4c(cn3)c(C(=O)NC3CCN(CCCC5CCN(c6cccc7c6C(=O)N(C6CCC(=O)NC6=O)C7=O)CC5)CC3)cn4C(C)C)n2)C[C@@H]1F. The van der Waals surface area contributed by atoms with Crippen LogP contribution in [0.15, 0.2) is 48.9 Å². The monoisotopic (exact) mass is 891 g/mol. The Hall–Kier alpha value is -6.01. The van der Waals surface area contributed by atoms with Crippen molar-refractivity contribution in [2.75, 3.05) is 68.0 Å². The summed E-state index contributed by atoms with van der Waals surface area (Å²) in [5.74, 6) is 0.0594. The Kier molecular flexibility index (Phi) is 12.8. The lowest BCUT2D eigenvalue weighted by molar-refractivity contribution is -0.136. The Bertz CT molecular complexity index is 2460. The van der Waals surface area contributed by atoms with E-state index in [1.165, 1.54) is 7.11 Å². The van der Waals surface area contributed by atoms with Crippen molar-refractivity contribution in [1.82, 2.24) is 40.0 Å². The second-order valence-electron chi connectivity index (χ2n) is 18.3. The number of ether oxygens (including phenoxy) is 1. The number of carbonyl (C=O) groups excluding carboxylic acids is 5. The van der Waals surface area contributed by atoms with Crippen LogP contribution in [-0.2, 0) is 14.3 Å². The number of rotatable bonds is 13. The van der Waals surface area contributed by atoms with Crippen LogP contribution in [0.25, 0.3) is 10.9 Å². The number of fused-ring (bicyclic) bond motifs is 2. The molecular formula is C47H58FN11O6. The first kappa shape index (κ1) is 44.2. The number of hydrogen-bond acceptors (Lipinski definition) is 13. The highest BCUT2D eigenvalue weighted by Gasteiger charge is 2.46. The first-order valence-corrected chi connectivity index (χ1v) is 23.1. The van der Waals surface area contributed by atoms with Crippen molar-refractivity contribution in [3.63, 3.8) is 0 Å². The highest BCUT2D eigenvalue weighted by atomic mass is 19.1. The van der Waals surface area contributed by atoms with Crippen LogP contribution < -0.4 is 25.8 Å². The maximum atomic E-state index is 14.6. The maximum absolute atomic E-state index is 14.6. The lowest BCUT2D eigenvalue weighted by Crippen LogP contribution is -2.54. The predicted molar refractivity (Wildman–Crippen MR) is 242 cm³/mol. The largest absolute Gasteiger partial charge is 0.378 e. The Balaban J connectivity index is 0.736.